The van der Waals surface area contributed by atoms with Gasteiger partial charge in [0.2, 0.25) is 0 Å². The molecule has 0 amide bonds. The molecule has 1 atom stereocenters. The molecule has 4 heteroatoms. The molecule has 1 aromatic carbocycles. The van der Waals surface area contributed by atoms with Crippen LogP contribution in [-0.2, 0) is 5.54 Å². The van der Waals surface area contributed by atoms with Gasteiger partial charge in [-0.1, -0.05) is 34.1 Å². The summed E-state index contributed by atoms with van der Waals surface area (Å²) in [5.41, 5.74) is 6.96. The van der Waals surface area contributed by atoms with E-state index in [0.29, 0.717) is 19.0 Å². The summed E-state index contributed by atoms with van der Waals surface area (Å²) < 4.78 is 1.07. The van der Waals surface area contributed by atoms with Crippen LogP contribution in [0.25, 0.3) is 0 Å². The van der Waals surface area contributed by atoms with Gasteiger partial charge in [0.25, 0.3) is 0 Å². The van der Waals surface area contributed by atoms with Crippen molar-refractivity contribution in [2.45, 2.75) is 12.5 Å². The number of nitrogens with zero attached hydrogens (tertiary/aromatic N) is 2. The van der Waals surface area contributed by atoms with E-state index in [2.05, 4.69) is 51.5 Å². The average Bonchev–Trinajstić information content (AvgIpc) is 2.59. The molecule has 1 heterocycles. The Bertz CT molecular complexity index is 469. The molecular formula is C13H16BrN3. The van der Waals surface area contributed by atoms with Gasteiger partial charge < -0.3 is 10.6 Å². The fourth-order valence-electron chi connectivity index (χ4n) is 2.15. The second-order valence-electron chi connectivity index (χ2n) is 4.36. The molecule has 1 unspecified atom stereocenters. The molecule has 1 aliphatic heterocycles. The van der Waals surface area contributed by atoms with Crippen LogP contribution in [0.2, 0.25) is 0 Å². The third-order valence-corrected chi connectivity index (χ3v) is 3.67. The zero-order valence-electron chi connectivity index (χ0n) is 9.86. The van der Waals surface area contributed by atoms with Crippen molar-refractivity contribution >= 4 is 21.9 Å². The lowest BCUT2D eigenvalue weighted by Gasteiger charge is -2.36. The average molecular weight is 294 g/mol. The maximum atomic E-state index is 5.93. The summed E-state index contributed by atoms with van der Waals surface area (Å²) in [6, 6.07) is 8.27. The Hall–Kier alpha value is -1.29. The Balaban J connectivity index is 2.39. The van der Waals surface area contributed by atoms with Crippen LogP contribution in [0.15, 0.2) is 46.4 Å². The van der Waals surface area contributed by atoms with E-state index in [1.807, 2.05) is 18.2 Å². The number of rotatable bonds is 3. The van der Waals surface area contributed by atoms with Gasteiger partial charge in [0, 0.05) is 11.0 Å². The fraction of sp³-hybridized carbons (Fsp3) is 0.308. The second-order valence-corrected chi connectivity index (χ2v) is 5.27. The minimum atomic E-state index is -0.179. The minimum absolute atomic E-state index is 0.179. The predicted molar refractivity (Wildman–Crippen MR) is 74.9 cm³/mol. The van der Waals surface area contributed by atoms with Crippen molar-refractivity contribution in [1.29, 1.82) is 0 Å². The van der Waals surface area contributed by atoms with E-state index < -0.39 is 0 Å². The normalized spacial score (nSPS) is 23.6. The first-order valence-corrected chi connectivity index (χ1v) is 6.32. The van der Waals surface area contributed by atoms with Crippen LogP contribution in [0.3, 0.4) is 0 Å². The summed E-state index contributed by atoms with van der Waals surface area (Å²) in [4.78, 5) is 6.44. The van der Waals surface area contributed by atoms with Gasteiger partial charge in [-0.25, -0.2) is 0 Å². The molecule has 2 rings (SSSR count). The zero-order chi connectivity index (χ0) is 12.5. The lowest BCUT2D eigenvalue weighted by atomic mass is 9.91. The van der Waals surface area contributed by atoms with Gasteiger partial charge >= 0.3 is 0 Å². The van der Waals surface area contributed by atoms with Crippen LogP contribution in [-0.4, -0.2) is 23.9 Å². The molecule has 1 aromatic rings. The minimum Gasteiger partial charge on any atom is -0.370 e. The van der Waals surface area contributed by atoms with Gasteiger partial charge in [-0.2, -0.15) is 0 Å². The predicted octanol–water partition coefficient (Wildman–Crippen LogP) is 2.48. The fourth-order valence-corrected chi connectivity index (χ4v) is 2.55. The largest absolute Gasteiger partial charge is 0.370 e. The molecule has 3 nitrogen and oxygen atoms in total. The van der Waals surface area contributed by atoms with Crippen LogP contribution in [0.5, 0.6) is 0 Å². The van der Waals surface area contributed by atoms with Gasteiger partial charge in [0.15, 0.2) is 5.96 Å². The van der Waals surface area contributed by atoms with Crippen molar-refractivity contribution in [2.75, 3.05) is 13.1 Å². The monoisotopic (exact) mass is 293 g/mol. The summed E-state index contributed by atoms with van der Waals surface area (Å²) in [5.74, 6) is 0.590. The van der Waals surface area contributed by atoms with Gasteiger partial charge in [0.1, 0.15) is 0 Å². The van der Waals surface area contributed by atoms with E-state index in [-0.39, 0.29) is 5.54 Å². The van der Waals surface area contributed by atoms with Crippen LogP contribution < -0.4 is 5.73 Å². The van der Waals surface area contributed by atoms with E-state index in [1.54, 1.807) is 0 Å². The Morgan fingerprint density at radius 3 is 3.06 bits per heavy atom. The number of hydrogen-bond donors (Lipinski definition) is 1. The van der Waals surface area contributed by atoms with E-state index in [0.717, 1.165) is 4.47 Å². The molecule has 2 N–H and O–H groups in total. The van der Waals surface area contributed by atoms with Crippen molar-refractivity contribution in [3.8, 4) is 0 Å². The molecule has 0 fully saturated rings. The third kappa shape index (κ3) is 2.09. The zero-order valence-corrected chi connectivity index (χ0v) is 11.4. The van der Waals surface area contributed by atoms with Crippen LogP contribution in [0, 0.1) is 0 Å². The first-order valence-electron chi connectivity index (χ1n) is 5.52. The van der Waals surface area contributed by atoms with Crippen LogP contribution in [0.4, 0.5) is 0 Å². The first kappa shape index (κ1) is 12.2. The number of benzene rings is 1. The molecule has 0 radical (unpaired) electrons. The Labute approximate surface area is 110 Å². The van der Waals surface area contributed by atoms with E-state index in [4.69, 9.17) is 5.73 Å². The highest BCUT2D eigenvalue weighted by Gasteiger charge is 2.38. The van der Waals surface area contributed by atoms with Crippen molar-refractivity contribution in [1.82, 2.24) is 4.90 Å². The van der Waals surface area contributed by atoms with Gasteiger partial charge in [0.05, 0.1) is 12.1 Å². The SMILES string of the molecule is C=CCN1C(N)=NCC1(C)c1cccc(Br)c1. The molecule has 0 spiro atoms. The topological polar surface area (TPSA) is 41.6 Å². The smallest absolute Gasteiger partial charge is 0.192 e. The quantitative estimate of drug-likeness (QED) is 0.870. The third-order valence-electron chi connectivity index (χ3n) is 3.18. The lowest BCUT2D eigenvalue weighted by molar-refractivity contribution is 0.245. The molecular weight excluding hydrogens is 278 g/mol. The summed E-state index contributed by atoms with van der Waals surface area (Å²) in [5, 5.41) is 0. The van der Waals surface area contributed by atoms with Crippen LogP contribution in [0.1, 0.15) is 12.5 Å². The molecule has 17 heavy (non-hydrogen) atoms. The van der Waals surface area contributed by atoms with Gasteiger partial charge in [-0.3, -0.25) is 4.99 Å². The van der Waals surface area contributed by atoms with Crippen molar-refractivity contribution < 1.29 is 0 Å². The van der Waals surface area contributed by atoms with E-state index in [1.165, 1.54) is 5.56 Å². The first-order chi connectivity index (χ1) is 8.08. The number of guanidine groups is 1. The Kier molecular flexibility index (Phi) is 3.24. The summed E-state index contributed by atoms with van der Waals surface area (Å²) in [6.07, 6.45) is 1.85. The van der Waals surface area contributed by atoms with Crippen molar-refractivity contribution in [3.63, 3.8) is 0 Å². The Morgan fingerprint density at radius 1 is 1.65 bits per heavy atom. The van der Waals surface area contributed by atoms with Gasteiger partial charge in [-0.15, -0.1) is 6.58 Å². The van der Waals surface area contributed by atoms with Crippen molar-refractivity contribution in [2.24, 2.45) is 10.7 Å². The highest BCUT2D eigenvalue weighted by atomic mass is 79.9. The molecule has 0 aliphatic carbocycles. The molecule has 1 aliphatic rings. The summed E-state index contributed by atoms with van der Waals surface area (Å²) >= 11 is 3.50. The summed E-state index contributed by atoms with van der Waals surface area (Å²) in [7, 11) is 0. The maximum Gasteiger partial charge on any atom is 0.192 e. The number of nitrogens with two attached hydrogens (primary N) is 1. The molecule has 0 saturated carbocycles. The molecule has 90 valence electrons. The highest BCUT2D eigenvalue weighted by molar-refractivity contribution is 9.10. The number of aliphatic imine (C=N–C) groups is 1. The number of halogens is 1. The number of hydrogen-bond acceptors (Lipinski definition) is 3. The molecule has 0 saturated heterocycles. The van der Waals surface area contributed by atoms with Crippen LogP contribution >= 0.6 is 15.9 Å². The standard InChI is InChI=1S/C13H16BrN3/c1-3-7-17-12(15)16-9-13(17,2)10-5-4-6-11(14)8-10/h3-6,8H,1,7,9H2,2H3,(H2,15,16). The summed E-state index contributed by atoms with van der Waals surface area (Å²) in [6.45, 7) is 7.32. The molecule has 0 aromatic heterocycles. The molecule has 0 bridgehead atoms. The second kappa shape index (κ2) is 4.53. The van der Waals surface area contributed by atoms with Crippen molar-refractivity contribution in [3.05, 3.63) is 47.0 Å². The Morgan fingerprint density at radius 2 is 2.41 bits per heavy atom. The van der Waals surface area contributed by atoms with E-state index >= 15 is 0 Å². The lowest BCUT2D eigenvalue weighted by Crippen LogP contribution is -2.47. The highest BCUT2D eigenvalue weighted by Crippen LogP contribution is 2.33. The van der Waals surface area contributed by atoms with E-state index in [9.17, 15) is 0 Å². The maximum absolute atomic E-state index is 5.93. The van der Waals surface area contributed by atoms with Gasteiger partial charge in [-0.05, 0) is 24.6 Å².